The Labute approximate surface area is 101 Å². The molecule has 0 radical (unpaired) electrons. The van der Waals surface area contributed by atoms with Crippen LogP contribution >= 0.6 is 11.6 Å². The molecule has 0 aromatic carbocycles. The molecule has 0 aliphatic heterocycles. The van der Waals surface area contributed by atoms with Gasteiger partial charge in [0.15, 0.2) is 5.82 Å². The highest BCUT2D eigenvalue weighted by Gasteiger charge is 2.09. The van der Waals surface area contributed by atoms with Crippen molar-refractivity contribution in [2.24, 2.45) is 0 Å². The van der Waals surface area contributed by atoms with Gasteiger partial charge in [-0.2, -0.15) is 4.98 Å². The summed E-state index contributed by atoms with van der Waals surface area (Å²) in [6.07, 6.45) is 2.58. The van der Waals surface area contributed by atoms with Crippen molar-refractivity contribution in [2.45, 2.75) is 6.42 Å². The molecule has 0 saturated carbocycles. The summed E-state index contributed by atoms with van der Waals surface area (Å²) in [5.74, 6) is 0.699. The fourth-order valence-electron chi connectivity index (χ4n) is 1.31. The summed E-state index contributed by atoms with van der Waals surface area (Å²) in [4.78, 5) is 10.1. The first kappa shape index (κ1) is 13.0. The van der Waals surface area contributed by atoms with E-state index in [1.807, 2.05) is 19.0 Å². The largest absolute Gasteiger partial charge is 0.467 e. The zero-order valence-electron chi connectivity index (χ0n) is 9.83. The lowest BCUT2D eigenvalue weighted by atomic mass is 10.4. The summed E-state index contributed by atoms with van der Waals surface area (Å²) in [5, 5.41) is 3.63. The second kappa shape index (κ2) is 6.50. The molecule has 1 N–H and O–H groups in total. The summed E-state index contributed by atoms with van der Waals surface area (Å²) >= 11 is 6.02. The molecule has 1 rings (SSSR count). The molecule has 90 valence electrons. The maximum Gasteiger partial charge on any atom is 0.318 e. The Balaban J connectivity index is 2.69. The molecular weight excluding hydrogens is 228 g/mol. The van der Waals surface area contributed by atoms with Crippen LogP contribution in [-0.4, -0.2) is 44.3 Å². The monoisotopic (exact) mass is 244 g/mol. The molecule has 0 amide bonds. The predicted octanol–water partition coefficient (Wildman–Crippen LogP) is 1.18. The predicted molar refractivity (Wildman–Crippen MR) is 65.4 cm³/mol. The van der Waals surface area contributed by atoms with Crippen LogP contribution in [0.25, 0.3) is 0 Å². The van der Waals surface area contributed by atoms with E-state index in [4.69, 9.17) is 16.3 Å². The summed E-state index contributed by atoms with van der Waals surface area (Å²) < 4.78 is 4.97. The SMILES string of the molecule is CNCCCN(C)c1nc(OC)ncc1Cl. The van der Waals surface area contributed by atoms with Crippen LogP contribution in [0.4, 0.5) is 5.82 Å². The molecule has 6 heteroatoms. The standard InChI is InChI=1S/C10H17ClN4O/c1-12-5-4-6-15(2)9-8(11)7-13-10(14-9)16-3/h7,12H,4-6H2,1-3H3. The van der Waals surface area contributed by atoms with Crippen molar-refractivity contribution in [1.29, 1.82) is 0 Å². The molecule has 1 aromatic heterocycles. The number of hydrogen-bond donors (Lipinski definition) is 1. The first-order valence-electron chi connectivity index (χ1n) is 5.11. The van der Waals surface area contributed by atoms with E-state index < -0.39 is 0 Å². The summed E-state index contributed by atoms with van der Waals surface area (Å²) in [7, 11) is 5.41. The number of nitrogens with one attached hydrogen (secondary N) is 1. The quantitative estimate of drug-likeness (QED) is 0.762. The number of ether oxygens (including phenoxy) is 1. The summed E-state index contributed by atoms with van der Waals surface area (Å²) in [6, 6.07) is 0.333. The third-order valence-corrected chi connectivity index (χ3v) is 2.43. The van der Waals surface area contributed by atoms with Crippen LogP contribution in [0.1, 0.15) is 6.42 Å². The molecule has 0 atom stereocenters. The average molecular weight is 245 g/mol. The van der Waals surface area contributed by atoms with E-state index in [-0.39, 0.29) is 0 Å². The zero-order chi connectivity index (χ0) is 12.0. The number of halogens is 1. The summed E-state index contributed by atoms with van der Waals surface area (Å²) in [6.45, 7) is 1.84. The Morgan fingerprint density at radius 3 is 2.94 bits per heavy atom. The average Bonchev–Trinajstić information content (AvgIpc) is 2.30. The maximum atomic E-state index is 6.02. The second-order valence-corrected chi connectivity index (χ2v) is 3.81. The topological polar surface area (TPSA) is 50.3 Å². The number of anilines is 1. The van der Waals surface area contributed by atoms with Gasteiger partial charge in [0.2, 0.25) is 0 Å². The molecule has 0 spiro atoms. The van der Waals surface area contributed by atoms with Gasteiger partial charge in [0.05, 0.1) is 13.3 Å². The van der Waals surface area contributed by atoms with Crippen molar-refractivity contribution in [1.82, 2.24) is 15.3 Å². The molecule has 0 unspecified atom stereocenters. The van der Waals surface area contributed by atoms with Crippen molar-refractivity contribution in [3.8, 4) is 6.01 Å². The Kier molecular flexibility index (Phi) is 5.28. The van der Waals surface area contributed by atoms with Crippen molar-refractivity contribution in [3.63, 3.8) is 0 Å². The van der Waals surface area contributed by atoms with Crippen LogP contribution in [0.3, 0.4) is 0 Å². The number of rotatable bonds is 6. The van der Waals surface area contributed by atoms with Gasteiger partial charge in [0.25, 0.3) is 0 Å². The third-order valence-electron chi connectivity index (χ3n) is 2.17. The molecule has 0 fully saturated rings. The van der Waals surface area contributed by atoms with E-state index in [1.165, 1.54) is 7.11 Å². The molecule has 16 heavy (non-hydrogen) atoms. The Hall–Kier alpha value is -1.07. The minimum absolute atomic E-state index is 0.333. The van der Waals surface area contributed by atoms with Gasteiger partial charge in [-0.15, -0.1) is 0 Å². The van der Waals surface area contributed by atoms with E-state index in [2.05, 4.69) is 15.3 Å². The lowest BCUT2D eigenvalue weighted by Gasteiger charge is -2.19. The summed E-state index contributed by atoms with van der Waals surface area (Å²) in [5.41, 5.74) is 0. The number of aromatic nitrogens is 2. The number of methoxy groups -OCH3 is 1. The molecule has 0 aliphatic rings. The van der Waals surface area contributed by atoms with Crippen molar-refractivity contribution < 1.29 is 4.74 Å². The highest BCUT2D eigenvalue weighted by molar-refractivity contribution is 6.32. The fourth-order valence-corrected chi connectivity index (χ4v) is 1.54. The van der Waals surface area contributed by atoms with Gasteiger partial charge in [-0.05, 0) is 20.0 Å². The fraction of sp³-hybridized carbons (Fsp3) is 0.600. The van der Waals surface area contributed by atoms with Gasteiger partial charge in [0, 0.05) is 13.6 Å². The third kappa shape index (κ3) is 3.50. The number of hydrogen-bond acceptors (Lipinski definition) is 5. The lowest BCUT2D eigenvalue weighted by molar-refractivity contribution is 0.380. The van der Waals surface area contributed by atoms with E-state index in [1.54, 1.807) is 6.20 Å². The van der Waals surface area contributed by atoms with Crippen LogP contribution in [-0.2, 0) is 0 Å². The normalized spacial score (nSPS) is 10.2. The van der Waals surface area contributed by atoms with E-state index in [9.17, 15) is 0 Å². The van der Waals surface area contributed by atoms with Crippen LogP contribution in [0.15, 0.2) is 6.20 Å². The van der Waals surface area contributed by atoms with Gasteiger partial charge >= 0.3 is 6.01 Å². The highest BCUT2D eigenvalue weighted by Crippen LogP contribution is 2.23. The zero-order valence-corrected chi connectivity index (χ0v) is 10.6. The minimum Gasteiger partial charge on any atom is -0.467 e. The molecule has 5 nitrogen and oxygen atoms in total. The molecule has 0 aliphatic carbocycles. The maximum absolute atomic E-state index is 6.02. The Bertz CT molecular complexity index is 335. The van der Waals surface area contributed by atoms with Crippen LogP contribution in [0.5, 0.6) is 6.01 Å². The molecule has 0 saturated heterocycles. The minimum atomic E-state index is 0.333. The number of nitrogens with zero attached hydrogens (tertiary/aromatic N) is 3. The van der Waals surface area contributed by atoms with Crippen LogP contribution < -0.4 is 15.0 Å². The second-order valence-electron chi connectivity index (χ2n) is 3.41. The smallest absolute Gasteiger partial charge is 0.318 e. The molecule has 1 heterocycles. The van der Waals surface area contributed by atoms with Gasteiger partial charge in [0.1, 0.15) is 5.02 Å². The van der Waals surface area contributed by atoms with E-state index in [0.717, 1.165) is 19.5 Å². The molecular formula is C10H17ClN4O. The molecule has 1 aromatic rings. The highest BCUT2D eigenvalue weighted by atomic mass is 35.5. The van der Waals surface area contributed by atoms with Gasteiger partial charge < -0.3 is 15.0 Å². The van der Waals surface area contributed by atoms with E-state index in [0.29, 0.717) is 16.9 Å². The van der Waals surface area contributed by atoms with Crippen LogP contribution in [0, 0.1) is 0 Å². The van der Waals surface area contributed by atoms with Crippen molar-refractivity contribution in [3.05, 3.63) is 11.2 Å². The first-order chi connectivity index (χ1) is 7.69. The van der Waals surface area contributed by atoms with Gasteiger partial charge in [-0.25, -0.2) is 4.98 Å². The molecule has 0 bridgehead atoms. The van der Waals surface area contributed by atoms with Crippen molar-refractivity contribution in [2.75, 3.05) is 39.2 Å². The first-order valence-corrected chi connectivity index (χ1v) is 5.49. The van der Waals surface area contributed by atoms with E-state index >= 15 is 0 Å². The Morgan fingerprint density at radius 1 is 1.56 bits per heavy atom. The van der Waals surface area contributed by atoms with Crippen LogP contribution in [0.2, 0.25) is 5.02 Å². The lowest BCUT2D eigenvalue weighted by Crippen LogP contribution is -2.23. The van der Waals surface area contributed by atoms with Crippen molar-refractivity contribution >= 4 is 17.4 Å². The van der Waals surface area contributed by atoms with Gasteiger partial charge in [-0.3, -0.25) is 0 Å². The van der Waals surface area contributed by atoms with Gasteiger partial charge in [-0.1, -0.05) is 11.6 Å². The Morgan fingerprint density at radius 2 is 2.31 bits per heavy atom.